The van der Waals surface area contributed by atoms with Gasteiger partial charge in [-0.15, -0.1) is 0 Å². The van der Waals surface area contributed by atoms with Gasteiger partial charge in [0.05, 0.1) is 34.7 Å². The maximum Gasteiger partial charge on any atom is 0.243 e. The number of hydrogen-bond acceptors (Lipinski definition) is 12. The van der Waals surface area contributed by atoms with Crippen LogP contribution in [0.1, 0.15) is 142 Å². The van der Waals surface area contributed by atoms with E-state index in [1.807, 2.05) is 4.57 Å². The highest BCUT2D eigenvalue weighted by atomic mass is 32.2. The SMILES string of the molecule is CC(C)(C)NS(=O)(=O)c1ccc(C2CCC(n3nc(C(=O)c4ccc(F)c(S(=O)(=O)NC(C)(C)C)c4)c4ccc(NS(C)(=O)=O)cc43)C2)c(C(=O)c2cn(C3CCCC3)c3nc(NS(C)(=O)=O)ccc23)c1. The van der Waals surface area contributed by atoms with Crippen LogP contribution in [0.5, 0.6) is 0 Å². The van der Waals surface area contributed by atoms with E-state index in [0.717, 1.165) is 56.4 Å². The number of carbonyl (C=O) groups is 2. The lowest BCUT2D eigenvalue weighted by Crippen LogP contribution is -2.40. The summed E-state index contributed by atoms with van der Waals surface area (Å²) < 4.78 is 132. The van der Waals surface area contributed by atoms with Crippen molar-refractivity contribution in [3.8, 4) is 0 Å². The van der Waals surface area contributed by atoms with Gasteiger partial charge in [-0.05, 0) is 146 Å². The molecule has 2 fully saturated rings. The van der Waals surface area contributed by atoms with Crippen molar-refractivity contribution < 1.29 is 47.7 Å². The van der Waals surface area contributed by atoms with Crippen molar-refractivity contribution in [2.24, 2.45) is 0 Å². The first-order valence-corrected chi connectivity index (χ1v) is 29.7. The fraction of sp³-hybridized carbons (Fsp3) is 0.417. The predicted molar refractivity (Wildman–Crippen MR) is 269 cm³/mol. The molecule has 8 rings (SSSR count). The molecule has 71 heavy (non-hydrogen) atoms. The molecule has 23 heteroatoms. The Morgan fingerprint density at radius 3 is 1.97 bits per heavy atom. The van der Waals surface area contributed by atoms with Crippen molar-refractivity contribution >= 4 is 85.1 Å². The minimum Gasteiger partial charge on any atom is -0.329 e. The lowest BCUT2D eigenvalue weighted by Gasteiger charge is -2.22. The summed E-state index contributed by atoms with van der Waals surface area (Å²) in [4.78, 5) is 33.5. The van der Waals surface area contributed by atoms with Crippen LogP contribution in [0.15, 0.2) is 82.7 Å². The number of benzene rings is 3. The van der Waals surface area contributed by atoms with Crippen LogP contribution in [-0.2, 0) is 40.1 Å². The van der Waals surface area contributed by atoms with Crippen molar-refractivity contribution in [3.05, 3.63) is 107 Å². The van der Waals surface area contributed by atoms with E-state index < -0.39 is 79.5 Å². The summed E-state index contributed by atoms with van der Waals surface area (Å²) in [7, 11) is -16.0. The highest BCUT2D eigenvalue weighted by molar-refractivity contribution is 7.92. The summed E-state index contributed by atoms with van der Waals surface area (Å²) in [5, 5.41) is 5.56. The second kappa shape index (κ2) is 18.5. The summed E-state index contributed by atoms with van der Waals surface area (Å²) >= 11 is 0. The van der Waals surface area contributed by atoms with E-state index in [-0.39, 0.29) is 50.7 Å². The molecule has 0 radical (unpaired) electrons. The van der Waals surface area contributed by atoms with Crippen LogP contribution in [0.3, 0.4) is 0 Å². The first-order chi connectivity index (χ1) is 32.9. The molecule has 6 aromatic rings. The number of nitrogens with zero attached hydrogens (tertiary/aromatic N) is 4. The van der Waals surface area contributed by atoms with Gasteiger partial charge in [0.2, 0.25) is 45.9 Å². The molecular formula is C48H57FN8O10S4. The number of hydrogen-bond donors (Lipinski definition) is 4. The van der Waals surface area contributed by atoms with Gasteiger partial charge < -0.3 is 4.57 Å². The second-order valence-corrected chi connectivity index (χ2v) is 27.5. The number of rotatable bonds is 15. The quantitative estimate of drug-likeness (QED) is 0.0729. The van der Waals surface area contributed by atoms with Crippen LogP contribution >= 0.6 is 0 Å². The van der Waals surface area contributed by atoms with E-state index in [2.05, 4.69) is 23.9 Å². The molecule has 0 spiro atoms. The molecule has 2 atom stereocenters. The molecule has 2 aliphatic rings. The van der Waals surface area contributed by atoms with Crippen molar-refractivity contribution in [3.63, 3.8) is 0 Å². The summed E-state index contributed by atoms with van der Waals surface area (Å²) in [6.45, 7) is 9.88. The Bertz CT molecular complexity index is 3610. The van der Waals surface area contributed by atoms with Crippen LogP contribution in [0.25, 0.3) is 21.9 Å². The minimum atomic E-state index is -4.42. The molecule has 0 saturated heterocycles. The van der Waals surface area contributed by atoms with E-state index in [0.29, 0.717) is 46.8 Å². The van der Waals surface area contributed by atoms with Gasteiger partial charge in [-0.25, -0.2) is 52.5 Å². The summed E-state index contributed by atoms with van der Waals surface area (Å²) in [5.74, 6) is -2.57. The maximum absolute atomic E-state index is 15.3. The van der Waals surface area contributed by atoms with Crippen LogP contribution in [-0.4, -0.2) is 88.2 Å². The third-order valence-electron chi connectivity index (χ3n) is 12.3. The number of carbonyl (C=O) groups excluding carboxylic acids is 2. The molecule has 3 heterocycles. The van der Waals surface area contributed by atoms with Crippen molar-refractivity contribution in [1.82, 2.24) is 28.8 Å². The van der Waals surface area contributed by atoms with Gasteiger partial charge in [0.15, 0.2) is 5.78 Å². The van der Waals surface area contributed by atoms with Gasteiger partial charge in [-0.1, -0.05) is 18.9 Å². The second-order valence-electron chi connectivity index (χ2n) is 20.7. The van der Waals surface area contributed by atoms with E-state index in [4.69, 9.17) is 5.10 Å². The Kier molecular flexibility index (Phi) is 13.5. The van der Waals surface area contributed by atoms with Gasteiger partial charge >= 0.3 is 0 Å². The molecule has 2 aliphatic carbocycles. The first kappa shape index (κ1) is 51.8. The van der Waals surface area contributed by atoms with Gasteiger partial charge in [0.1, 0.15) is 27.9 Å². The van der Waals surface area contributed by atoms with Gasteiger partial charge in [-0.3, -0.25) is 23.7 Å². The van der Waals surface area contributed by atoms with E-state index in [1.54, 1.807) is 64.6 Å². The average molecular weight is 1050 g/mol. The van der Waals surface area contributed by atoms with Crippen LogP contribution in [0.2, 0.25) is 0 Å². The standard InChI is InChI=1S/C48H57FN8O10S4/c1-47(2,3)54-70(64,65)33-17-19-34(37(26-33)45(59)38-27-56(31-11-9-10-12-31)46-35(38)20-22-42(50-46)53-69(8,62)63)28-13-16-32(23-28)57-40-25-30(52-68(7,60)61)15-18-36(40)43(51-57)44(58)29-14-21-39(49)41(24-29)71(66,67)55-48(4,5)6/h14-15,17-22,24-28,31-32,52,54-55H,9-13,16,23H2,1-8H3,(H,50,53). The molecule has 2 unspecified atom stereocenters. The molecule has 4 N–H and O–H groups in total. The third kappa shape index (κ3) is 11.4. The number of anilines is 2. The smallest absolute Gasteiger partial charge is 0.243 e. The number of sulfonamides is 4. The van der Waals surface area contributed by atoms with Gasteiger partial charge in [0, 0.05) is 50.8 Å². The number of aromatic nitrogens is 4. The molecular weight excluding hydrogens is 996 g/mol. The van der Waals surface area contributed by atoms with Crippen molar-refractivity contribution in [2.75, 3.05) is 22.0 Å². The van der Waals surface area contributed by atoms with E-state index in [9.17, 15) is 38.5 Å². The highest BCUT2D eigenvalue weighted by Crippen LogP contribution is 2.45. The Hall–Kier alpha value is -5.59. The molecule has 0 bridgehead atoms. The zero-order valence-electron chi connectivity index (χ0n) is 40.5. The predicted octanol–water partition coefficient (Wildman–Crippen LogP) is 7.51. The van der Waals surface area contributed by atoms with E-state index >= 15 is 9.18 Å². The number of fused-ring (bicyclic) bond motifs is 2. The number of nitrogens with one attached hydrogen (secondary N) is 4. The fourth-order valence-electron chi connectivity index (χ4n) is 9.64. The van der Waals surface area contributed by atoms with Crippen LogP contribution in [0.4, 0.5) is 15.9 Å². The first-order valence-electron chi connectivity index (χ1n) is 23.0. The van der Waals surface area contributed by atoms with E-state index in [1.165, 1.54) is 36.4 Å². The van der Waals surface area contributed by atoms with Gasteiger partial charge in [-0.2, -0.15) is 5.10 Å². The highest BCUT2D eigenvalue weighted by Gasteiger charge is 2.36. The largest absolute Gasteiger partial charge is 0.329 e. The Morgan fingerprint density at radius 1 is 0.676 bits per heavy atom. The Labute approximate surface area is 413 Å². The third-order valence-corrected chi connectivity index (χ3v) is 17.0. The minimum absolute atomic E-state index is 0.0183. The van der Waals surface area contributed by atoms with Gasteiger partial charge in [0.25, 0.3) is 0 Å². The molecule has 3 aromatic heterocycles. The van der Waals surface area contributed by atoms with Crippen LogP contribution < -0.4 is 18.9 Å². The zero-order valence-corrected chi connectivity index (χ0v) is 43.8. The fourth-order valence-corrected chi connectivity index (χ4v) is 13.7. The van der Waals surface area contributed by atoms with Crippen LogP contribution in [0, 0.1) is 5.82 Å². The molecule has 18 nitrogen and oxygen atoms in total. The monoisotopic (exact) mass is 1050 g/mol. The maximum atomic E-state index is 15.3. The molecule has 0 amide bonds. The van der Waals surface area contributed by atoms with Crippen molar-refractivity contribution in [2.45, 2.75) is 125 Å². The Morgan fingerprint density at radius 2 is 1.32 bits per heavy atom. The summed E-state index contributed by atoms with van der Waals surface area (Å²) in [6, 6.07) is 14.6. The molecule has 380 valence electrons. The van der Waals surface area contributed by atoms with Crippen molar-refractivity contribution in [1.29, 1.82) is 0 Å². The summed E-state index contributed by atoms with van der Waals surface area (Å²) in [5.41, 5.74) is -0.235. The lowest BCUT2D eigenvalue weighted by atomic mass is 9.89. The normalized spacial score (nSPS) is 17.6. The Balaban J connectivity index is 1.22. The zero-order chi connectivity index (χ0) is 51.8. The molecule has 0 aliphatic heterocycles. The average Bonchev–Trinajstić information content (AvgIpc) is 4.06. The molecule has 3 aromatic carbocycles. The molecule has 2 saturated carbocycles. The lowest BCUT2D eigenvalue weighted by molar-refractivity contribution is 0.102. The number of pyridine rings is 1. The number of halogens is 1. The number of ketones is 2. The summed E-state index contributed by atoms with van der Waals surface area (Å²) in [6.07, 6.45) is 8.48. The topological polar surface area (TPSA) is 254 Å².